The summed E-state index contributed by atoms with van der Waals surface area (Å²) in [6.07, 6.45) is 0. The van der Waals surface area contributed by atoms with Crippen molar-refractivity contribution < 1.29 is 9.53 Å². The van der Waals surface area contributed by atoms with Gasteiger partial charge in [-0.15, -0.1) is 11.8 Å². The summed E-state index contributed by atoms with van der Waals surface area (Å²) in [7, 11) is 1.60. The molecule has 21 heavy (non-hydrogen) atoms. The van der Waals surface area contributed by atoms with E-state index in [-0.39, 0.29) is 5.78 Å². The van der Waals surface area contributed by atoms with E-state index in [1.54, 1.807) is 18.9 Å². The first kappa shape index (κ1) is 15.6. The summed E-state index contributed by atoms with van der Waals surface area (Å²) in [6, 6.07) is 14.1. The van der Waals surface area contributed by atoms with E-state index in [9.17, 15) is 4.79 Å². The van der Waals surface area contributed by atoms with Crippen LogP contribution in [0.15, 0.2) is 42.5 Å². The maximum Gasteiger partial charge on any atom is 0.176 e. The molecule has 0 saturated heterocycles. The van der Waals surface area contributed by atoms with Crippen molar-refractivity contribution in [1.29, 1.82) is 0 Å². The van der Waals surface area contributed by atoms with Crippen LogP contribution in [0.3, 0.4) is 0 Å². The summed E-state index contributed by atoms with van der Waals surface area (Å²) < 4.78 is 5.30. The highest BCUT2D eigenvalue weighted by atomic mass is 32.2. The van der Waals surface area contributed by atoms with Gasteiger partial charge in [-0.05, 0) is 37.1 Å². The van der Waals surface area contributed by atoms with Crippen molar-refractivity contribution in [1.82, 2.24) is 0 Å². The zero-order valence-corrected chi connectivity index (χ0v) is 13.5. The number of ketones is 1. The average molecular weight is 300 g/mol. The number of carbonyl (C=O) groups excluding carboxylic acids is 1. The third kappa shape index (κ3) is 4.36. The lowest BCUT2D eigenvalue weighted by atomic mass is 10.1. The predicted octanol–water partition coefficient (Wildman–Crippen LogP) is 4.43. The number of aryl methyl sites for hydroxylation is 2. The Bertz CT molecular complexity index is 635. The third-order valence-electron chi connectivity index (χ3n) is 3.24. The number of hydrogen-bond donors (Lipinski definition) is 0. The van der Waals surface area contributed by atoms with Crippen molar-refractivity contribution in [3.8, 4) is 5.75 Å². The minimum absolute atomic E-state index is 0.115. The summed E-state index contributed by atoms with van der Waals surface area (Å²) in [4.78, 5) is 12.3. The molecular formula is C18H20O2S. The SMILES string of the molecule is COc1cc(C)ccc1C(=O)CSCc1cccc(C)c1. The second kappa shape index (κ2) is 7.32. The lowest BCUT2D eigenvalue weighted by Crippen LogP contribution is -2.05. The van der Waals surface area contributed by atoms with Crippen LogP contribution in [0.5, 0.6) is 5.75 Å². The van der Waals surface area contributed by atoms with Crippen molar-refractivity contribution >= 4 is 17.5 Å². The van der Waals surface area contributed by atoms with Crippen LogP contribution in [-0.4, -0.2) is 18.6 Å². The van der Waals surface area contributed by atoms with E-state index in [0.29, 0.717) is 17.1 Å². The summed E-state index contributed by atoms with van der Waals surface area (Å²) in [5.41, 5.74) is 4.26. The molecule has 0 aliphatic carbocycles. The van der Waals surface area contributed by atoms with E-state index < -0.39 is 0 Å². The maximum atomic E-state index is 12.3. The van der Waals surface area contributed by atoms with Crippen LogP contribution in [-0.2, 0) is 5.75 Å². The van der Waals surface area contributed by atoms with Gasteiger partial charge in [0.25, 0.3) is 0 Å². The molecule has 3 heteroatoms. The van der Waals surface area contributed by atoms with Gasteiger partial charge in [-0.25, -0.2) is 0 Å². The minimum Gasteiger partial charge on any atom is -0.496 e. The molecule has 0 unspecified atom stereocenters. The highest BCUT2D eigenvalue weighted by Crippen LogP contribution is 2.23. The van der Waals surface area contributed by atoms with E-state index in [4.69, 9.17) is 4.74 Å². The Morgan fingerprint density at radius 2 is 1.86 bits per heavy atom. The molecule has 0 N–H and O–H groups in total. The number of Topliss-reactive ketones (excluding diaryl/α,β-unsaturated/α-hetero) is 1. The van der Waals surface area contributed by atoms with Crippen LogP contribution >= 0.6 is 11.8 Å². The van der Waals surface area contributed by atoms with Crippen molar-refractivity contribution in [2.24, 2.45) is 0 Å². The Hall–Kier alpha value is -1.74. The fourth-order valence-electron chi connectivity index (χ4n) is 2.17. The number of rotatable bonds is 6. The number of thioether (sulfide) groups is 1. The molecule has 0 saturated carbocycles. The number of hydrogen-bond acceptors (Lipinski definition) is 3. The Morgan fingerprint density at radius 3 is 2.57 bits per heavy atom. The summed E-state index contributed by atoms with van der Waals surface area (Å²) in [5.74, 6) is 2.09. The monoisotopic (exact) mass is 300 g/mol. The molecule has 2 nitrogen and oxygen atoms in total. The van der Waals surface area contributed by atoms with Gasteiger partial charge in [0, 0.05) is 5.75 Å². The van der Waals surface area contributed by atoms with Gasteiger partial charge in [0.05, 0.1) is 18.4 Å². The van der Waals surface area contributed by atoms with Gasteiger partial charge in [-0.1, -0.05) is 35.9 Å². The predicted molar refractivity (Wildman–Crippen MR) is 89.4 cm³/mol. The van der Waals surface area contributed by atoms with Crippen LogP contribution < -0.4 is 4.74 Å². The highest BCUT2D eigenvalue weighted by molar-refractivity contribution is 7.99. The normalized spacial score (nSPS) is 10.4. The van der Waals surface area contributed by atoms with E-state index >= 15 is 0 Å². The fraction of sp³-hybridized carbons (Fsp3) is 0.278. The van der Waals surface area contributed by atoms with E-state index in [1.165, 1.54) is 11.1 Å². The number of benzene rings is 2. The molecule has 0 spiro atoms. The lowest BCUT2D eigenvalue weighted by molar-refractivity contribution is 0.101. The standard InChI is InChI=1S/C18H20O2S/c1-13-5-4-6-15(9-13)11-21-12-17(19)16-8-7-14(2)10-18(16)20-3/h4-10H,11-12H2,1-3H3. The van der Waals surface area contributed by atoms with Gasteiger partial charge in [0.1, 0.15) is 5.75 Å². The summed E-state index contributed by atoms with van der Waals surface area (Å²) >= 11 is 1.64. The Kier molecular flexibility index (Phi) is 5.45. The van der Waals surface area contributed by atoms with Crippen LogP contribution in [0.2, 0.25) is 0 Å². The Labute approximate surface area is 130 Å². The van der Waals surface area contributed by atoms with Gasteiger partial charge >= 0.3 is 0 Å². The fourth-order valence-corrected chi connectivity index (χ4v) is 3.03. The first-order chi connectivity index (χ1) is 10.1. The largest absolute Gasteiger partial charge is 0.496 e. The molecular weight excluding hydrogens is 280 g/mol. The van der Waals surface area contributed by atoms with Crippen LogP contribution in [0.1, 0.15) is 27.0 Å². The van der Waals surface area contributed by atoms with Crippen molar-refractivity contribution in [3.05, 3.63) is 64.7 Å². The molecule has 2 aromatic rings. The van der Waals surface area contributed by atoms with Gasteiger partial charge < -0.3 is 4.74 Å². The molecule has 2 rings (SSSR count). The van der Waals surface area contributed by atoms with E-state index in [0.717, 1.165) is 11.3 Å². The molecule has 0 atom stereocenters. The second-order valence-electron chi connectivity index (χ2n) is 5.11. The summed E-state index contributed by atoms with van der Waals surface area (Å²) in [5, 5.41) is 0. The molecule has 0 bridgehead atoms. The third-order valence-corrected chi connectivity index (χ3v) is 4.25. The lowest BCUT2D eigenvalue weighted by Gasteiger charge is -2.08. The van der Waals surface area contributed by atoms with Gasteiger partial charge in [0.2, 0.25) is 0 Å². The van der Waals surface area contributed by atoms with Crippen molar-refractivity contribution in [2.75, 3.05) is 12.9 Å². The highest BCUT2D eigenvalue weighted by Gasteiger charge is 2.12. The molecule has 0 amide bonds. The molecule has 0 aromatic heterocycles. The van der Waals surface area contributed by atoms with E-state index in [2.05, 4.69) is 31.2 Å². The van der Waals surface area contributed by atoms with Gasteiger partial charge in [0.15, 0.2) is 5.78 Å². The first-order valence-corrected chi connectivity index (χ1v) is 8.07. The number of methoxy groups -OCH3 is 1. The van der Waals surface area contributed by atoms with Crippen LogP contribution in [0.4, 0.5) is 0 Å². The van der Waals surface area contributed by atoms with Crippen molar-refractivity contribution in [3.63, 3.8) is 0 Å². The summed E-state index contributed by atoms with van der Waals surface area (Å²) in [6.45, 7) is 4.07. The molecule has 0 radical (unpaired) electrons. The minimum atomic E-state index is 0.115. The molecule has 2 aromatic carbocycles. The van der Waals surface area contributed by atoms with Gasteiger partial charge in [-0.2, -0.15) is 0 Å². The van der Waals surface area contributed by atoms with Crippen molar-refractivity contribution in [2.45, 2.75) is 19.6 Å². The van der Waals surface area contributed by atoms with Gasteiger partial charge in [-0.3, -0.25) is 4.79 Å². The zero-order valence-electron chi connectivity index (χ0n) is 12.7. The topological polar surface area (TPSA) is 26.3 Å². The number of carbonyl (C=O) groups is 1. The molecule has 0 fully saturated rings. The van der Waals surface area contributed by atoms with E-state index in [1.807, 2.05) is 25.1 Å². The molecule has 0 heterocycles. The second-order valence-corrected chi connectivity index (χ2v) is 6.09. The zero-order chi connectivity index (χ0) is 15.2. The Balaban J connectivity index is 1.96. The first-order valence-electron chi connectivity index (χ1n) is 6.91. The molecule has 110 valence electrons. The Morgan fingerprint density at radius 1 is 1.10 bits per heavy atom. The van der Waals surface area contributed by atoms with Crippen LogP contribution in [0, 0.1) is 13.8 Å². The quantitative estimate of drug-likeness (QED) is 0.738. The smallest absolute Gasteiger partial charge is 0.176 e. The number of ether oxygens (including phenoxy) is 1. The van der Waals surface area contributed by atoms with Crippen LogP contribution in [0.25, 0.3) is 0 Å². The molecule has 0 aliphatic rings. The molecule has 0 aliphatic heterocycles. The maximum absolute atomic E-state index is 12.3. The average Bonchev–Trinajstić information content (AvgIpc) is 2.47.